The Morgan fingerprint density at radius 2 is 2.00 bits per heavy atom. The van der Waals surface area contributed by atoms with E-state index in [9.17, 15) is 4.79 Å². The van der Waals surface area contributed by atoms with Crippen molar-refractivity contribution in [2.24, 2.45) is 29.6 Å². The Kier molecular flexibility index (Phi) is 2.75. The summed E-state index contributed by atoms with van der Waals surface area (Å²) < 4.78 is 5.28. The molecule has 1 unspecified atom stereocenters. The molecule has 5 atom stereocenters. The number of carbonyl (C=O) groups is 1. The molecule has 106 valence electrons. The Morgan fingerprint density at radius 1 is 1.30 bits per heavy atom. The van der Waals surface area contributed by atoms with Gasteiger partial charge in [0.05, 0.1) is 12.8 Å². The van der Waals surface area contributed by atoms with Crippen LogP contribution in [0, 0.1) is 29.6 Å². The molecule has 20 heavy (non-hydrogen) atoms. The molecule has 0 saturated heterocycles. The normalized spacial score (nSPS) is 36.6. The lowest BCUT2D eigenvalue weighted by atomic mass is 10.0. The fraction of sp³-hybridized carbons (Fsp3) is 0.562. The van der Waals surface area contributed by atoms with Crippen LogP contribution >= 0.6 is 11.6 Å². The highest BCUT2D eigenvalue weighted by atomic mass is 35.5. The quantitative estimate of drug-likeness (QED) is 0.924. The Morgan fingerprint density at radius 3 is 2.65 bits per heavy atom. The second-order valence-corrected chi connectivity index (χ2v) is 6.78. The summed E-state index contributed by atoms with van der Waals surface area (Å²) in [5, 5.41) is 3.62. The first kappa shape index (κ1) is 12.5. The molecule has 0 heterocycles. The van der Waals surface area contributed by atoms with E-state index in [-0.39, 0.29) is 11.8 Å². The minimum absolute atomic E-state index is 0.150. The number of amides is 1. The van der Waals surface area contributed by atoms with Crippen molar-refractivity contribution >= 4 is 23.2 Å². The van der Waals surface area contributed by atoms with Crippen molar-refractivity contribution < 1.29 is 9.53 Å². The third kappa shape index (κ3) is 1.76. The van der Waals surface area contributed by atoms with Crippen LogP contribution < -0.4 is 10.1 Å². The average molecular weight is 292 g/mol. The van der Waals surface area contributed by atoms with Gasteiger partial charge in [-0.3, -0.25) is 4.79 Å². The van der Waals surface area contributed by atoms with Gasteiger partial charge in [-0.15, -0.1) is 0 Å². The molecule has 0 spiro atoms. The fourth-order valence-electron chi connectivity index (χ4n) is 4.67. The number of methoxy groups -OCH3 is 1. The lowest BCUT2D eigenvalue weighted by molar-refractivity contribution is -0.118. The van der Waals surface area contributed by atoms with Crippen LogP contribution in [0.15, 0.2) is 18.2 Å². The van der Waals surface area contributed by atoms with Crippen LogP contribution in [0.4, 0.5) is 5.69 Å². The van der Waals surface area contributed by atoms with Gasteiger partial charge in [0.25, 0.3) is 0 Å². The van der Waals surface area contributed by atoms with Crippen molar-refractivity contribution in [2.45, 2.75) is 19.3 Å². The smallest absolute Gasteiger partial charge is 0.228 e. The zero-order valence-corrected chi connectivity index (χ0v) is 12.2. The third-order valence-corrected chi connectivity index (χ3v) is 5.69. The number of carbonyl (C=O) groups excluding carboxylic acids is 1. The van der Waals surface area contributed by atoms with Crippen LogP contribution in [0.25, 0.3) is 0 Å². The molecule has 1 aromatic rings. The Balaban J connectivity index is 1.50. The molecule has 0 aromatic heterocycles. The molecule has 4 rings (SSSR count). The Bertz CT molecular complexity index is 558. The first-order valence-corrected chi connectivity index (χ1v) is 7.71. The van der Waals surface area contributed by atoms with Gasteiger partial charge in [0, 0.05) is 10.9 Å². The molecule has 1 amide bonds. The van der Waals surface area contributed by atoms with Gasteiger partial charge in [-0.05, 0) is 61.1 Å². The molecule has 4 heteroatoms. The second kappa shape index (κ2) is 4.39. The number of hydrogen-bond donors (Lipinski definition) is 1. The van der Waals surface area contributed by atoms with Gasteiger partial charge in [0.15, 0.2) is 0 Å². The maximum Gasteiger partial charge on any atom is 0.228 e. The van der Waals surface area contributed by atoms with Crippen LogP contribution in [0.3, 0.4) is 0 Å². The van der Waals surface area contributed by atoms with Crippen molar-refractivity contribution in [3.8, 4) is 5.75 Å². The van der Waals surface area contributed by atoms with E-state index in [0.717, 1.165) is 11.8 Å². The van der Waals surface area contributed by atoms with E-state index in [1.54, 1.807) is 25.3 Å². The van der Waals surface area contributed by atoms with Crippen molar-refractivity contribution in [2.75, 3.05) is 12.4 Å². The number of nitrogens with one attached hydrogen (secondary N) is 1. The second-order valence-electron chi connectivity index (χ2n) is 6.35. The minimum atomic E-state index is 0.150. The number of rotatable bonds is 3. The third-order valence-electron chi connectivity index (χ3n) is 5.46. The topological polar surface area (TPSA) is 38.3 Å². The first-order chi connectivity index (χ1) is 9.69. The van der Waals surface area contributed by atoms with Gasteiger partial charge in [-0.25, -0.2) is 0 Å². The molecule has 1 aromatic carbocycles. The summed E-state index contributed by atoms with van der Waals surface area (Å²) in [5.41, 5.74) is 0.683. The summed E-state index contributed by atoms with van der Waals surface area (Å²) >= 11 is 6.00. The number of benzene rings is 1. The van der Waals surface area contributed by atoms with Crippen LogP contribution in [-0.4, -0.2) is 13.0 Å². The van der Waals surface area contributed by atoms with E-state index in [2.05, 4.69) is 5.32 Å². The maximum absolute atomic E-state index is 12.5. The molecule has 3 aliphatic carbocycles. The Hall–Kier alpha value is -1.22. The highest BCUT2D eigenvalue weighted by Gasteiger charge is 2.67. The van der Waals surface area contributed by atoms with Gasteiger partial charge < -0.3 is 10.1 Å². The van der Waals surface area contributed by atoms with E-state index < -0.39 is 0 Å². The van der Waals surface area contributed by atoms with Crippen molar-refractivity contribution in [3.05, 3.63) is 23.2 Å². The number of ether oxygens (including phenoxy) is 1. The number of anilines is 1. The first-order valence-electron chi connectivity index (χ1n) is 7.33. The summed E-state index contributed by atoms with van der Waals surface area (Å²) in [6.45, 7) is 0. The van der Waals surface area contributed by atoms with E-state index in [1.165, 1.54) is 19.3 Å². The molecule has 0 radical (unpaired) electrons. The number of halogens is 1. The fourth-order valence-corrected chi connectivity index (χ4v) is 4.84. The standard InChI is InChI=1S/C16H18ClNO2/c1-20-12-5-4-10(17)7-11(12)18-16(19)15-13-8-2-3-9(6-8)14(13)15/h4-5,7-9,13-15H,2-3,6H2,1H3,(H,18,19)/t8-,9-,13-,14+,15?/m0/s1. The molecule has 3 saturated carbocycles. The van der Waals surface area contributed by atoms with E-state index in [0.29, 0.717) is 28.3 Å². The van der Waals surface area contributed by atoms with E-state index >= 15 is 0 Å². The van der Waals surface area contributed by atoms with Gasteiger partial charge in [0.2, 0.25) is 5.91 Å². The summed E-state index contributed by atoms with van der Waals surface area (Å²) in [6.07, 6.45) is 4.02. The minimum Gasteiger partial charge on any atom is -0.495 e. The van der Waals surface area contributed by atoms with Crippen LogP contribution in [0.2, 0.25) is 5.02 Å². The summed E-state index contributed by atoms with van der Waals surface area (Å²) in [5.74, 6) is 3.96. The number of fused-ring (bicyclic) bond motifs is 5. The van der Waals surface area contributed by atoms with Crippen LogP contribution in [0.1, 0.15) is 19.3 Å². The van der Waals surface area contributed by atoms with E-state index in [4.69, 9.17) is 16.3 Å². The molecular formula is C16H18ClNO2. The predicted octanol–water partition coefficient (Wildman–Crippen LogP) is 3.58. The van der Waals surface area contributed by atoms with Crippen LogP contribution in [-0.2, 0) is 4.79 Å². The summed E-state index contributed by atoms with van der Waals surface area (Å²) in [7, 11) is 1.60. The molecule has 2 bridgehead atoms. The van der Waals surface area contributed by atoms with Crippen molar-refractivity contribution in [1.29, 1.82) is 0 Å². The van der Waals surface area contributed by atoms with Gasteiger partial charge >= 0.3 is 0 Å². The van der Waals surface area contributed by atoms with Gasteiger partial charge in [-0.1, -0.05) is 11.6 Å². The maximum atomic E-state index is 12.5. The lowest BCUT2D eigenvalue weighted by Crippen LogP contribution is -2.19. The highest BCUT2D eigenvalue weighted by molar-refractivity contribution is 6.31. The molecular weight excluding hydrogens is 274 g/mol. The molecule has 3 aliphatic rings. The van der Waals surface area contributed by atoms with Gasteiger partial charge in [0.1, 0.15) is 5.75 Å². The highest BCUT2D eigenvalue weighted by Crippen LogP contribution is 2.69. The zero-order valence-electron chi connectivity index (χ0n) is 11.4. The number of hydrogen-bond acceptors (Lipinski definition) is 2. The SMILES string of the molecule is COc1ccc(Cl)cc1NC(=O)C1[C@@H]2[C@H]3CC[C@@H](C3)[C@H]12. The molecule has 0 aliphatic heterocycles. The van der Waals surface area contributed by atoms with Crippen molar-refractivity contribution in [1.82, 2.24) is 0 Å². The van der Waals surface area contributed by atoms with E-state index in [1.807, 2.05) is 0 Å². The predicted molar refractivity (Wildman–Crippen MR) is 77.9 cm³/mol. The summed E-state index contributed by atoms with van der Waals surface area (Å²) in [6, 6.07) is 5.31. The van der Waals surface area contributed by atoms with Gasteiger partial charge in [-0.2, -0.15) is 0 Å². The largest absolute Gasteiger partial charge is 0.495 e. The molecule has 1 N–H and O–H groups in total. The average Bonchev–Trinajstić information content (AvgIpc) is 2.88. The van der Waals surface area contributed by atoms with Crippen molar-refractivity contribution in [3.63, 3.8) is 0 Å². The Labute approximate surface area is 123 Å². The molecule has 3 fully saturated rings. The zero-order chi connectivity index (χ0) is 13.9. The monoisotopic (exact) mass is 291 g/mol. The lowest BCUT2D eigenvalue weighted by Gasteiger charge is -2.12. The van der Waals surface area contributed by atoms with Crippen LogP contribution in [0.5, 0.6) is 5.75 Å². The summed E-state index contributed by atoms with van der Waals surface area (Å²) in [4.78, 5) is 12.5. The molecule has 3 nitrogen and oxygen atoms in total.